The van der Waals surface area contributed by atoms with Crippen LogP contribution in [0.4, 0.5) is 0 Å². The molecule has 2 heterocycles. The van der Waals surface area contributed by atoms with Gasteiger partial charge in [0.1, 0.15) is 15.6 Å². The number of thiophene rings is 1. The molecular weight excluding hydrogens is 374 g/mol. The van der Waals surface area contributed by atoms with Crippen molar-refractivity contribution in [2.45, 2.75) is 17.2 Å². The van der Waals surface area contributed by atoms with E-state index in [4.69, 9.17) is 4.42 Å². The van der Waals surface area contributed by atoms with Crippen LogP contribution < -0.4 is 4.72 Å². The number of halogens is 1. The van der Waals surface area contributed by atoms with E-state index in [0.717, 1.165) is 14.8 Å². The van der Waals surface area contributed by atoms with Gasteiger partial charge in [-0.05, 0) is 47.1 Å². The molecule has 0 bridgehead atoms. The molecule has 7 heteroatoms. The summed E-state index contributed by atoms with van der Waals surface area (Å²) in [7, 11) is -3.55. The number of hydrogen-bond acceptors (Lipinski definition) is 4. The van der Waals surface area contributed by atoms with Gasteiger partial charge in [-0.2, -0.15) is 0 Å². The van der Waals surface area contributed by atoms with E-state index in [1.165, 1.54) is 11.3 Å². The number of benzene rings is 1. The van der Waals surface area contributed by atoms with Gasteiger partial charge < -0.3 is 4.42 Å². The topological polar surface area (TPSA) is 59.3 Å². The molecule has 2 aromatic heterocycles. The molecule has 0 aliphatic heterocycles. The van der Waals surface area contributed by atoms with Gasteiger partial charge in [0.15, 0.2) is 0 Å². The second-order valence-corrected chi connectivity index (χ2v) is 8.99. The van der Waals surface area contributed by atoms with Crippen LogP contribution in [0, 0.1) is 0 Å². The first kappa shape index (κ1) is 14.8. The molecule has 0 fully saturated rings. The highest BCUT2D eigenvalue weighted by Crippen LogP contribution is 2.28. The largest absolute Gasteiger partial charge is 0.459 e. The van der Waals surface area contributed by atoms with Crippen LogP contribution in [-0.2, 0) is 10.0 Å². The summed E-state index contributed by atoms with van der Waals surface area (Å²) in [4.78, 5) is 0. The molecule has 0 saturated heterocycles. The molecule has 1 aromatic carbocycles. The van der Waals surface area contributed by atoms with Crippen molar-refractivity contribution in [3.63, 3.8) is 0 Å². The lowest BCUT2D eigenvalue weighted by Gasteiger charge is -2.10. The molecule has 0 radical (unpaired) electrons. The summed E-state index contributed by atoms with van der Waals surface area (Å²) in [5.41, 5.74) is 0.748. The summed E-state index contributed by atoms with van der Waals surface area (Å²) >= 11 is 4.44. The van der Waals surface area contributed by atoms with Crippen molar-refractivity contribution in [2.24, 2.45) is 0 Å². The molecular formula is C14H12BrNO3S2. The van der Waals surface area contributed by atoms with Crippen molar-refractivity contribution in [2.75, 3.05) is 0 Å². The van der Waals surface area contributed by atoms with E-state index in [1.54, 1.807) is 19.1 Å². The quantitative estimate of drug-likeness (QED) is 0.728. The highest BCUT2D eigenvalue weighted by molar-refractivity contribution is 9.11. The lowest BCUT2D eigenvalue weighted by molar-refractivity contribution is 0.485. The Balaban J connectivity index is 1.87. The Morgan fingerprint density at radius 1 is 1.24 bits per heavy atom. The van der Waals surface area contributed by atoms with Gasteiger partial charge in [-0.25, -0.2) is 13.1 Å². The fraction of sp³-hybridized carbons (Fsp3) is 0.143. The van der Waals surface area contributed by atoms with Gasteiger partial charge in [-0.15, -0.1) is 11.3 Å². The van der Waals surface area contributed by atoms with Crippen LogP contribution in [-0.4, -0.2) is 8.42 Å². The minimum absolute atomic E-state index is 0.275. The monoisotopic (exact) mass is 385 g/mol. The minimum Gasteiger partial charge on any atom is -0.459 e. The van der Waals surface area contributed by atoms with E-state index in [-0.39, 0.29) is 4.21 Å². The highest BCUT2D eigenvalue weighted by atomic mass is 79.9. The second-order valence-electron chi connectivity index (χ2n) is 4.59. The van der Waals surface area contributed by atoms with Crippen molar-refractivity contribution in [3.05, 3.63) is 52.0 Å². The van der Waals surface area contributed by atoms with Gasteiger partial charge >= 0.3 is 0 Å². The van der Waals surface area contributed by atoms with E-state index in [0.29, 0.717) is 5.76 Å². The van der Waals surface area contributed by atoms with E-state index < -0.39 is 16.1 Å². The van der Waals surface area contributed by atoms with Crippen molar-refractivity contribution in [3.8, 4) is 0 Å². The second kappa shape index (κ2) is 5.57. The summed E-state index contributed by atoms with van der Waals surface area (Å²) in [6, 6.07) is 12.3. The zero-order chi connectivity index (χ0) is 15.0. The summed E-state index contributed by atoms with van der Waals surface area (Å²) in [5, 5.41) is 0.956. The van der Waals surface area contributed by atoms with E-state index in [9.17, 15) is 8.42 Å². The summed E-state index contributed by atoms with van der Waals surface area (Å²) < 4.78 is 33.9. The number of furan rings is 1. The standard InChI is InChI=1S/C14H12BrNO3S2/c1-9(12-8-10-4-2-3-5-11(10)19-12)16-21(17,18)14-7-6-13(15)20-14/h2-9,16H,1H3/t9-/m0/s1. The van der Waals surface area contributed by atoms with Gasteiger partial charge in [0, 0.05) is 5.39 Å². The van der Waals surface area contributed by atoms with Crippen LogP contribution in [0.5, 0.6) is 0 Å². The molecule has 4 nitrogen and oxygen atoms in total. The Bertz CT molecular complexity index is 849. The van der Waals surface area contributed by atoms with E-state index in [2.05, 4.69) is 20.7 Å². The smallest absolute Gasteiger partial charge is 0.250 e. The molecule has 0 amide bonds. The minimum atomic E-state index is -3.55. The number of sulfonamides is 1. The molecule has 0 spiro atoms. The first-order valence-corrected chi connectivity index (χ1v) is 9.31. The van der Waals surface area contributed by atoms with Crippen LogP contribution in [0.2, 0.25) is 0 Å². The molecule has 1 N–H and O–H groups in total. The van der Waals surface area contributed by atoms with Crippen LogP contribution in [0.15, 0.2) is 54.9 Å². The van der Waals surface area contributed by atoms with E-state index >= 15 is 0 Å². The predicted octanol–water partition coefficient (Wildman–Crippen LogP) is 4.30. The maximum atomic E-state index is 12.3. The van der Waals surface area contributed by atoms with Gasteiger partial charge in [-0.1, -0.05) is 18.2 Å². The van der Waals surface area contributed by atoms with Crippen molar-refractivity contribution in [1.82, 2.24) is 4.72 Å². The maximum Gasteiger partial charge on any atom is 0.250 e. The molecule has 0 aliphatic carbocycles. The normalized spacial score (nSPS) is 13.6. The summed E-state index contributed by atoms with van der Waals surface area (Å²) in [6.07, 6.45) is 0. The third kappa shape index (κ3) is 3.06. The molecule has 0 aliphatic rings. The number of fused-ring (bicyclic) bond motifs is 1. The number of rotatable bonds is 4. The van der Waals surface area contributed by atoms with Gasteiger partial charge in [0.2, 0.25) is 0 Å². The van der Waals surface area contributed by atoms with Crippen molar-refractivity contribution < 1.29 is 12.8 Å². The average Bonchev–Trinajstić information content (AvgIpc) is 3.04. The first-order chi connectivity index (χ1) is 9.95. The van der Waals surface area contributed by atoms with Crippen LogP contribution in [0.3, 0.4) is 0 Å². The maximum absolute atomic E-state index is 12.3. The Hall–Kier alpha value is -1.15. The Morgan fingerprint density at radius 3 is 2.67 bits per heavy atom. The zero-order valence-corrected chi connectivity index (χ0v) is 14.3. The Labute approximate surface area is 135 Å². The fourth-order valence-electron chi connectivity index (χ4n) is 2.01. The zero-order valence-electron chi connectivity index (χ0n) is 11.0. The molecule has 3 aromatic rings. The Kier molecular flexibility index (Phi) is 3.92. The molecule has 21 heavy (non-hydrogen) atoms. The fourth-order valence-corrected chi connectivity index (χ4v) is 5.25. The molecule has 0 saturated carbocycles. The molecule has 1 atom stereocenters. The average molecular weight is 386 g/mol. The van der Waals surface area contributed by atoms with Crippen LogP contribution in [0.1, 0.15) is 18.7 Å². The van der Waals surface area contributed by atoms with Gasteiger partial charge in [-0.3, -0.25) is 0 Å². The molecule has 110 valence electrons. The number of hydrogen-bond donors (Lipinski definition) is 1. The van der Waals surface area contributed by atoms with Crippen LogP contribution >= 0.6 is 27.3 Å². The number of para-hydroxylation sites is 1. The molecule has 3 rings (SSSR count). The third-order valence-corrected chi connectivity index (χ3v) is 6.67. The highest BCUT2D eigenvalue weighted by Gasteiger charge is 2.22. The number of nitrogens with one attached hydrogen (secondary N) is 1. The summed E-state index contributed by atoms with van der Waals surface area (Å²) in [5.74, 6) is 0.593. The van der Waals surface area contributed by atoms with Crippen LogP contribution in [0.25, 0.3) is 11.0 Å². The van der Waals surface area contributed by atoms with Crippen molar-refractivity contribution in [1.29, 1.82) is 0 Å². The SMILES string of the molecule is C[C@H](NS(=O)(=O)c1ccc(Br)s1)c1cc2ccccc2o1. The predicted molar refractivity (Wildman–Crippen MR) is 87.0 cm³/mol. The van der Waals surface area contributed by atoms with Crippen molar-refractivity contribution >= 4 is 48.3 Å². The van der Waals surface area contributed by atoms with E-state index in [1.807, 2.05) is 30.3 Å². The van der Waals surface area contributed by atoms with Gasteiger partial charge in [0.05, 0.1) is 9.83 Å². The van der Waals surface area contributed by atoms with Gasteiger partial charge in [0.25, 0.3) is 10.0 Å². The lowest BCUT2D eigenvalue weighted by atomic mass is 10.2. The molecule has 0 unspecified atom stereocenters. The summed E-state index contributed by atoms with van der Waals surface area (Å²) in [6.45, 7) is 1.76. The lowest BCUT2D eigenvalue weighted by Crippen LogP contribution is -2.25. The Morgan fingerprint density at radius 2 is 2.00 bits per heavy atom. The first-order valence-electron chi connectivity index (χ1n) is 6.22. The third-order valence-electron chi connectivity index (χ3n) is 3.02.